The molecule has 0 aliphatic heterocycles. The van der Waals surface area contributed by atoms with Gasteiger partial charge in [-0.05, 0) is 23.8 Å². The number of pyridine rings is 1. The second kappa shape index (κ2) is 7.62. The first-order valence-corrected chi connectivity index (χ1v) is 8.42. The number of rotatable bonds is 5. The standard InChI is InChI=1S/C17H12F3N3O3S/c18-17(19,20)12-3-1-11(2-4-12)9-26-13-5-6-23(15(24)7-13)22-16(25)14-8-21-10-27-14/h1-8,10H,9H2,(H,22,25). The molecule has 0 aliphatic rings. The summed E-state index contributed by atoms with van der Waals surface area (Å²) < 4.78 is 44.0. The predicted octanol–water partition coefficient (Wildman–Crippen LogP) is 3.29. The summed E-state index contributed by atoms with van der Waals surface area (Å²) in [6.45, 7) is -0.00514. The number of nitrogens with zero attached hydrogens (tertiary/aromatic N) is 2. The molecule has 0 radical (unpaired) electrons. The quantitative estimate of drug-likeness (QED) is 0.720. The van der Waals surface area contributed by atoms with Crippen LogP contribution < -0.4 is 15.7 Å². The lowest BCUT2D eigenvalue weighted by Crippen LogP contribution is -2.31. The highest BCUT2D eigenvalue weighted by molar-refractivity contribution is 7.11. The molecular formula is C17H12F3N3O3S. The number of ether oxygens (including phenoxy) is 1. The summed E-state index contributed by atoms with van der Waals surface area (Å²) in [5, 5.41) is 0. The van der Waals surface area contributed by atoms with Crippen molar-refractivity contribution in [1.29, 1.82) is 0 Å². The molecule has 3 rings (SSSR count). The van der Waals surface area contributed by atoms with Gasteiger partial charge in [0.15, 0.2) is 0 Å². The second-order valence-corrected chi connectivity index (χ2v) is 6.25. The Labute approximate surface area is 154 Å². The molecule has 0 spiro atoms. The molecule has 3 aromatic rings. The molecule has 0 atom stereocenters. The molecule has 1 N–H and O–H groups in total. The normalized spacial score (nSPS) is 11.2. The van der Waals surface area contributed by atoms with Crippen molar-refractivity contribution in [3.05, 3.63) is 80.7 Å². The zero-order valence-electron chi connectivity index (χ0n) is 13.6. The van der Waals surface area contributed by atoms with Crippen LogP contribution in [0.5, 0.6) is 5.75 Å². The van der Waals surface area contributed by atoms with E-state index in [4.69, 9.17) is 4.74 Å². The molecule has 1 aromatic carbocycles. The lowest BCUT2D eigenvalue weighted by Gasteiger charge is -2.10. The van der Waals surface area contributed by atoms with Crippen LogP contribution in [0.4, 0.5) is 13.2 Å². The van der Waals surface area contributed by atoms with Gasteiger partial charge in [0.1, 0.15) is 17.2 Å². The molecule has 27 heavy (non-hydrogen) atoms. The largest absolute Gasteiger partial charge is 0.489 e. The average Bonchev–Trinajstić information content (AvgIpc) is 3.16. The molecule has 0 aliphatic carbocycles. The van der Waals surface area contributed by atoms with Crippen LogP contribution in [0, 0.1) is 0 Å². The third-order valence-corrected chi connectivity index (χ3v) is 4.23. The molecule has 2 heterocycles. The second-order valence-electron chi connectivity index (χ2n) is 5.36. The first-order valence-electron chi connectivity index (χ1n) is 7.54. The maximum atomic E-state index is 12.5. The lowest BCUT2D eigenvalue weighted by molar-refractivity contribution is -0.137. The van der Waals surface area contributed by atoms with Crippen LogP contribution in [-0.2, 0) is 12.8 Å². The van der Waals surface area contributed by atoms with Gasteiger partial charge in [-0.1, -0.05) is 12.1 Å². The molecule has 0 saturated carbocycles. The molecule has 10 heteroatoms. The van der Waals surface area contributed by atoms with E-state index in [-0.39, 0.29) is 12.4 Å². The summed E-state index contributed by atoms with van der Waals surface area (Å²) >= 11 is 1.13. The van der Waals surface area contributed by atoms with Crippen molar-refractivity contribution in [1.82, 2.24) is 9.66 Å². The van der Waals surface area contributed by atoms with Crippen molar-refractivity contribution in [2.75, 3.05) is 5.43 Å². The zero-order chi connectivity index (χ0) is 19.4. The van der Waals surface area contributed by atoms with Gasteiger partial charge in [0.05, 0.1) is 17.3 Å². The number of aromatic nitrogens is 2. The van der Waals surface area contributed by atoms with Gasteiger partial charge in [-0.3, -0.25) is 20.0 Å². The Balaban J connectivity index is 1.62. The summed E-state index contributed by atoms with van der Waals surface area (Å²) in [7, 11) is 0. The minimum Gasteiger partial charge on any atom is -0.489 e. The molecule has 0 fully saturated rings. The van der Waals surface area contributed by atoms with E-state index in [9.17, 15) is 22.8 Å². The van der Waals surface area contributed by atoms with E-state index < -0.39 is 23.2 Å². The molecule has 6 nitrogen and oxygen atoms in total. The van der Waals surface area contributed by atoms with Crippen LogP contribution >= 0.6 is 11.3 Å². The van der Waals surface area contributed by atoms with Crippen molar-refractivity contribution >= 4 is 17.2 Å². The number of halogens is 3. The number of benzene rings is 1. The zero-order valence-corrected chi connectivity index (χ0v) is 14.4. The van der Waals surface area contributed by atoms with E-state index >= 15 is 0 Å². The highest BCUT2D eigenvalue weighted by Crippen LogP contribution is 2.29. The molecule has 140 valence electrons. The minimum absolute atomic E-state index is 0.00514. The molecule has 0 saturated heterocycles. The number of amides is 1. The molecule has 0 bridgehead atoms. The van der Waals surface area contributed by atoms with Gasteiger partial charge < -0.3 is 4.74 Å². The summed E-state index contributed by atoms with van der Waals surface area (Å²) in [4.78, 5) is 28.1. The Morgan fingerprint density at radius 1 is 1.22 bits per heavy atom. The number of alkyl halides is 3. The molecule has 2 aromatic heterocycles. The predicted molar refractivity (Wildman–Crippen MR) is 92.3 cm³/mol. The number of thiazole rings is 1. The first kappa shape index (κ1) is 18.6. The van der Waals surface area contributed by atoms with E-state index in [1.54, 1.807) is 0 Å². The summed E-state index contributed by atoms with van der Waals surface area (Å²) in [5.41, 5.74) is 3.15. The van der Waals surface area contributed by atoms with Gasteiger partial charge in [0.2, 0.25) is 0 Å². The van der Waals surface area contributed by atoms with Gasteiger partial charge >= 0.3 is 6.18 Å². The summed E-state index contributed by atoms with van der Waals surface area (Å²) in [6.07, 6.45) is -1.69. The first-order chi connectivity index (χ1) is 12.8. The van der Waals surface area contributed by atoms with Crippen LogP contribution in [0.15, 0.2) is 59.1 Å². The molecular weight excluding hydrogens is 383 g/mol. The topological polar surface area (TPSA) is 73.2 Å². The third-order valence-electron chi connectivity index (χ3n) is 3.46. The third kappa shape index (κ3) is 4.73. The van der Waals surface area contributed by atoms with Gasteiger partial charge in [0, 0.05) is 12.3 Å². The van der Waals surface area contributed by atoms with Crippen molar-refractivity contribution in [2.24, 2.45) is 0 Å². The van der Waals surface area contributed by atoms with Crippen LogP contribution in [0.3, 0.4) is 0 Å². The number of hydrogen-bond acceptors (Lipinski definition) is 5. The van der Waals surface area contributed by atoms with E-state index in [2.05, 4.69) is 10.4 Å². The average molecular weight is 395 g/mol. The van der Waals surface area contributed by atoms with Crippen LogP contribution in [0.2, 0.25) is 0 Å². The van der Waals surface area contributed by atoms with Crippen molar-refractivity contribution < 1.29 is 22.7 Å². The fraction of sp³-hybridized carbons (Fsp3) is 0.118. The Bertz CT molecular complexity index is 983. The lowest BCUT2D eigenvalue weighted by atomic mass is 10.1. The van der Waals surface area contributed by atoms with Gasteiger partial charge in [-0.2, -0.15) is 13.2 Å². The number of nitrogens with one attached hydrogen (secondary N) is 1. The maximum Gasteiger partial charge on any atom is 0.416 e. The Hall–Kier alpha value is -3.14. The van der Waals surface area contributed by atoms with Gasteiger partial charge in [-0.25, -0.2) is 4.68 Å². The van der Waals surface area contributed by atoms with Crippen molar-refractivity contribution in [2.45, 2.75) is 12.8 Å². The van der Waals surface area contributed by atoms with Crippen LogP contribution in [0.1, 0.15) is 20.8 Å². The fourth-order valence-electron chi connectivity index (χ4n) is 2.09. The van der Waals surface area contributed by atoms with E-state index in [1.807, 2.05) is 0 Å². The summed E-state index contributed by atoms with van der Waals surface area (Å²) in [6, 6.07) is 7.16. The minimum atomic E-state index is -4.40. The molecule has 0 unspecified atom stereocenters. The fourth-order valence-corrected chi connectivity index (χ4v) is 2.60. The van der Waals surface area contributed by atoms with Crippen LogP contribution in [0.25, 0.3) is 0 Å². The van der Waals surface area contributed by atoms with E-state index in [0.29, 0.717) is 10.4 Å². The number of hydrogen-bond donors (Lipinski definition) is 1. The summed E-state index contributed by atoms with van der Waals surface area (Å²) in [5.74, 6) is -0.249. The van der Waals surface area contributed by atoms with Gasteiger partial charge in [-0.15, -0.1) is 11.3 Å². The number of carbonyl (C=O) groups is 1. The Morgan fingerprint density at radius 2 is 1.96 bits per heavy atom. The Morgan fingerprint density at radius 3 is 2.56 bits per heavy atom. The van der Waals surface area contributed by atoms with E-state index in [0.717, 1.165) is 34.2 Å². The Kier molecular flexibility index (Phi) is 5.26. The highest BCUT2D eigenvalue weighted by Gasteiger charge is 2.29. The van der Waals surface area contributed by atoms with Crippen LogP contribution in [-0.4, -0.2) is 15.6 Å². The maximum absolute atomic E-state index is 12.5. The van der Waals surface area contributed by atoms with E-state index in [1.165, 1.54) is 36.1 Å². The molecule has 1 amide bonds. The van der Waals surface area contributed by atoms with Crippen molar-refractivity contribution in [3.8, 4) is 5.75 Å². The van der Waals surface area contributed by atoms with Gasteiger partial charge in [0.25, 0.3) is 11.5 Å². The monoisotopic (exact) mass is 395 g/mol. The smallest absolute Gasteiger partial charge is 0.416 e. The number of carbonyl (C=O) groups excluding carboxylic acids is 1. The van der Waals surface area contributed by atoms with Crippen molar-refractivity contribution in [3.63, 3.8) is 0 Å². The highest BCUT2D eigenvalue weighted by atomic mass is 32.1. The SMILES string of the molecule is O=C(Nn1ccc(OCc2ccc(C(F)(F)F)cc2)cc1=O)c1cncs1.